The molecule has 1 rings (SSSR count). The summed E-state index contributed by atoms with van der Waals surface area (Å²) in [6.45, 7) is 0.0867. The van der Waals surface area contributed by atoms with Gasteiger partial charge in [0.2, 0.25) is 10.0 Å². The summed E-state index contributed by atoms with van der Waals surface area (Å²) in [5.74, 6) is 0.543. The highest BCUT2D eigenvalue weighted by molar-refractivity contribution is 7.89. The van der Waals surface area contributed by atoms with Crippen LogP contribution in [0.5, 0.6) is 5.75 Å². The average molecular weight is 319 g/mol. The Morgan fingerprint density at radius 3 is 2.10 bits per heavy atom. The molecule has 0 heterocycles. The lowest BCUT2D eigenvalue weighted by atomic mass is 10.3. The van der Waals surface area contributed by atoms with Gasteiger partial charge in [0.15, 0.2) is 0 Å². The lowest BCUT2D eigenvalue weighted by molar-refractivity contribution is 0.146. The molecule has 1 aromatic rings. The lowest BCUT2D eigenvalue weighted by Crippen LogP contribution is -2.35. The lowest BCUT2D eigenvalue weighted by Gasteiger charge is -2.20. The van der Waals surface area contributed by atoms with Gasteiger partial charge in [0.25, 0.3) is 0 Å². The van der Waals surface area contributed by atoms with E-state index in [1.165, 1.54) is 12.1 Å². The van der Waals surface area contributed by atoms with Crippen LogP contribution in [0.1, 0.15) is 0 Å². The summed E-state index contributed by atoms with van der Waals surface area (Å²) in [4.78, 5) is 0.0866. The first-order valence-electron chi connectivity index (χ1n) is 6.50. The second-order valence-corrected chi connectivity index (χ2v) is 6.10. The third kappa shape index (κ3) is 5.25. The largest absolute Gasteiger partial charge is 0.491 e. The summed E-state index contributed by atoms with van der Waals surface area (Å²) >= 11 is 0. The molecule has 7 nitrogen and oxygen atoms in total. The van der Waals surface area contributed by atoms with E-state index in [0.29, 0.717) is 19.0 Å². The van der Waals surface area contributed by atoms with Crippen molar-refractivity contribution in [3.8, 4) is 5.75 Å². The molecule has 120 valence electrons. The Morgan fingerprint density at radius 1 is 1.05 bits per heavy atom. The molecule has 2 N–H and O–H groups in total. The quantitative estimate of drug-likeness (QED) is 0.574. The molecule has 0 saturated carbocycles. The van der Waals surface area contributed by atoms with Crippen molar-refractivity contribution in [2.45, 2.75) is 4.90 Å². The van der Waals surface area contributed by atoms with E-state index in [-0.39, 0.29) is 31.2 Å². The fraction of sp³-hybridized carbons (Fsp3) is 0.538. The number of ether oxygens (including phenoxy) is 2. The van der Waals surface area contributed by atoms with Crippen LogP contribution < -0.4 is 4.74 Å². The highest BCUT2D eigenvalue weighted by Crippen LogP contribution is 2.19. The number of aliphatic hydroxyl groups is 2. The summed E-state index contributed by atoms with van der Waals surface area (Å²) in [5, 5.41) is 17.8. The number of sulfonamides is 1. The monoisotopic (exact) mass is 319 g/mol. The molecule has 0 unspecified atom stereocenters. The van der Waals surface area contributed by atoms with E-state index < -0.39 is 10.0 Å². The van der Waals surface area contributed by atoms with Gasteiger partial charge < -0.3 is 19.7 Å². The van der Waals surface area contributed by atoms with Crippen molar-refractivity contribution < 1.29 is 28.1 Å². The third-order valence-electron chi connectivity index (χ3n) is 2.72. The number of rotatable bonds is 10. The first-order chi connectivity index (χ1) is 10.1. The van der Waals surface area contributed by atoms with Gasteiger partial charge >= 0.3 is 0 Å². The number of benzene rings is 1. The molecule has 0 aliphatic heterocycles. The maximum absolute atomic E-state index is 12.3. The highest BCUT2D eigenvalue weighted by atomic mass is 32.2. The Kier molecular flexibility index (Phi) is 7.62. The standard InChI is InChI=1S/C13H21NO6S/c1-19-10-11-20-12-2-4-13(5-3-12)21(17,18)14(6-8-15)7-9-16/h2-5,15-16H,6-11H2,1H3. The summed E-state index contributed by atoms with van der Waals surface area (Å²) < 4.78 is 35.9. The smallest absolute Gasteiger partial charge is 0.243 e. The Balaban J connectivity index is 2.82. The molecular formula is C13H21NO6S. The third-order valence-corrected chi connectivity index (χ3v) is 4.63. The van der Waals surface area contributed by atoms with Crippen molar-refractivity contribution in [1.29, 1.82) is 0 Å². The molecule has 1 aromatic carbocycles. The van der Waals surface area contributed by atoms with Crippen LogP contribution in [0.15, 0.2) is 29.2 Å². The molecule has 0 radical (unpaired) electrons. The summed E-state index contributed by atoms with van der Waals surface area (Å²) in [7, 11) is -2.17. The fourth-order valence-electron chi connectivity index (χ4n) is 1.67. The van der Waals surface area contributed by atoms with Gasteiger partial charge in [0, 0.05) is 20.2 Å². The first-order valence-corrected chi connectivity index (χ1v) is 7.94. The van der Waals surface area contributed by atoms with Gasteiger partial charge in [-0.25, -0.2) is 8.42 Å². The molecule has 0 aliphatic rings. The number of methoxy groups -OCH3 is 1. The van der Waals surface area contributed by atoms with Crippen LogP contribution >= 0.6 is 0 Å². The van der Waals surface area contributed by atoms with E-state index >= 15 is 0 Å². The van der Waals surface area contributed by atoms with E-state index in [1.54, 1.807) is 19.2 Å². The zero-order chi connectivity index (χ0) is 15.7. The molecule has 0 spiro atoms. The van der Waals surface area contributed by atoms with Crippen molar-refractivity contribution >= 4 is 10.0 Å². The van der Waals surface area contributed by atoms with Crippen molar-refractivity contribution in [1.82, 2.24) is 4.31 Å². The van der Waals surface area contributed by atoms with Gasteiger partial charge in [0.1, 0.15) is 12.4 Å². The number of hydrogen-bond acceptors (Lipinski definition) is 6. The predicted octanol–water partition coefficient (Wildman–Crippen LogP) is -0.313. The van der Waals surface area contributed by atoms with E-state index in [9.17, 15) is 8.42 Å². The average Bonchev–Trinajstić information content (AvgIpc) is 2.48. The Bertz CT molecular complexity index is 496. The van der Waals surface area contributed by atoms with Gasteiger partial charge in [0.05, 0.1) is 24.7 Å². The van der Waals surface area contributed by atoms with E-state index in [2.05, 4.69) is 0 Å². The number of nitrogens with zero attached hydrogens (tertiary/aromatic N) is 1. The molecule has 0 amide bonds. The molecule has 0 fully saturated rings. The van der Waals surface area contributed by atoms with E-state index in [0.717, 1.165) is 4.31 Å². The van der Waals surface area contributed by atoms with Crippen LogP contribution in [-0.2, 0) is 14.8 Å². The first kappa shape index (κ1) is 17.9. The van der Waals surface area contributed by atoms with Crippen LogP contribution in [0.4, 0.5) is 0 Å². The SMILES string of the molecule is COCCOc1ccc(S(=O)(=O)N(CCO)CCO)cc1. The molecule has 0 aliphatic carbocycles. The predicted molar refractivity (Wildman–Crippen MR) is 76.7 cm³/mol. The number of hydrogen-bond donors (Lipinski definition) is 2. The number of aliphatic hydroxyl groups excluding tert-OH is 2. The molecule has 0 bridgehead atoms. The second kappa shape index (κ2) is 8.96. The van der Waals surface area contributed by atoms with Gasteiger partial charge in [-0.15, -0.1) is 0 Å². The molecule has 0 atom stereocenters. The fourth-order valence-corrected chi connectivity index (χ4v) is 3.10. The normalized spacial score (nSPS) is 11.8. The van der Waals surface area contributed by atoms with Gasteiger partial charge in [-0.3, -0.25) is 0 Å². The summed E-state index contributed by atoms with van der Waals surface area (Å²) in [6.07, 6.45) is 0. The topological polar surface area (TPSA) is 96.3 Å². The van der Waals surface area contributed by atoms with Crippen LogP contribution in [-0.4, -0.2) is 69.6 Å². The van der Waals surface area contributed by atoms with Crippen molar-refractivity contribution in [2.75, 3.05) is 46.6 Å². The minimum Gasteiger partial charge on any atom is -0.491 e. The highest BCUT2D eigenvalue weighted by Gasteiger charge is 2.23. The summed E-state index contributed by atoms with van der Waals surface area (Å²) in [5.41, 5.74) is 0. The molecular weight excluding hydrogens is 298 g/mol. The van der Waals surface area contributed by atoms with Gasteiger partial charge in [-0.1, -0.05) is 0 Å². The zero-order valence-corrected chi connectivity index (χ0v) is 12.8. The Hall–Kier alpha value is -1.19. The van der Waals surface area contributed by atoms with E-state index in [4.69, 9.17) is 19.7 Å². The van der Waals surface area contributed by atoms with E-state index in [1.807, 2.05) is 0 Å². The minimum absolute atomic E-state index is 0.0605. The molecule has 0 saturated heterocycles. The van der Waals surface area contributed by atoms with Gasteiger partial charge in [-0.05, 0) is 24.3 Å². The molecule has 8 heteroatoms. The second-order valence-electron chi connectivity index (χ2n) is 4.16. The maximum Gasteiger partial charge on any atom is 0.243 e. The van der Waals surface area contributed by atoms with Crippen LogP contribution in [0, 0.1) is 0 Å². The Morgan fingerprint density at radius 2 is 1.62 bits per heavy atom. The van der Waals surface area contributed by atoms with Crippen LogP contribution in [0.3, 0.4) is 0 Å². The minimum atomic E-state index is -3.73. The van der Waals surface area contributed by atoms with Crippen LogP contribution in [0.25, 0.3) is 0 Å². The van der Waals surface area contributed by atoms with Crippen molar-refractivity contribution in [2.24, 2.45) is 0 Å². The molecule has 21 heavy (non-hydrogen) atoms. The van der Waals surface area contributed by atoms with Crippen LogP contribution in [0.2, 0.25) is 0 Å². The Labute approximate surface area is 124 Å². The van der Waals surface area contributed by atoms with Crippen molar-refractivity contribution in [3.63, 3.8) is 0 Å². The van der Waals surface area contributed by atoms with Gasteiger partial charge in [-0.2, -0.15) is 4.31 Å². The zero-order valence-electron chi connectivity index (χ0n) is 11.9. The summed E-state index contributed by atoms with van der Waals surface area (Å²) in [6, 6.07) is 5.97. The van der Waals surface area contributed by atoms with Crippen molar-refractivity contribution in [3.05, 3.63) is 24.3 Å². The molecule has 0 aromatic heterocycles. The maximum atomic E-state index is 12.3.